The molecule has 0 fully saturated rings. The average Bonchev–Trinajstić information content (AvgIpc) is 3.86. The van der Waals surface area contributed by atoms with E-state index in [9.17, 15) is 0 Å². The molecule has 0 saturated heterocycles. The van der Waals surface area contributed by atoms with E-state index >= 15 is 0 Å². The van der Waals surface area contributed by atoms with E-state index in [0.29, 0.717) is 0 Å². The average molecular weight is 821 g/mol. The second kappa shape index (κ2) is 13.9. The Kier molecular flexibility index (Phi) is 7.94. The van der Waals surface area contributed by atoms with Crippen LogP contribution in [-0.2, 0) is 5.41 Å². The topological polar surface area (TPSA) is 15.3 Å². The predicted octanol–water partition coefficient (Wildman–Crippen LogP) is 16.7. The maximum Gasteiger partial charge on any atom is 0.0714 e. The standard InChI is InChI=1S/C60H40N2S/c1-38-23-28-43(29-24-38)62(45-32-34-47-46-17-8-10-20-53(46)60(54(47)36-45,41-13-4-2-5-14-41)42-15-6-3-7-16-42)44-30-25-39(26-31-44)40-27-33-49-52-37-51-48-18-9-11-21-55(48)61-56-22-12-19-50(58(51)56)59(52)63-57(49)35-40/h2-37,61H,1H3. The van der Waals surface area contributed by atoms with Gasteiger partial charge >= 0.3 is 0 Å². The van der Waals surface area contributed by atoms with Gasteiger partial charge in [-0.3, -0.25) is 0 Å². The summed E-state index contributed by atoms with van der Waals surface area (Å²) in [5, 5.41) is 8.95. The SMILES string of the molecule is Cc1ccc(N(c2ccc(-c3ccc4c(c3)sc3c5cccc6c5c(cc43)-c3ccccc3N6)cc2)c2ccc3c(c2)C(c2ccccc2)(c2ccccc2)c2ccccc2-3)cc1. The van der Waals surface area contributed by atoms with Crippen LogP contribution in [0.2, 0.25) is 0 Å². The molecule has 3 heteroatoms. The van der Waals surface area contributed by atoms with Gasteiger partial charge in [0.1, 0.15) is 0 Å². The molecule has 10 aromatic carbocycles. The van der Waals surface area contributed by atoms with Crippen molar-refractivity contribution < 1.29 is 0 Å². The molecule has 2 aliphatic rings. The van der Waals surface area contributed by atoms with Crippen LogP contribution < -0.4 is 10.2 Å². The molecule has 0 spiro atoms. The lowest BCUT2D eigenvalue weighted by atomic mass is 9.67. The number of benzene rings is 10. The first kappa shape index (κ1) is 36.0. The smallest absolute Gasteiger partial charge is 0.0714 e. The van der Waals surface area contributed by atoms with Crippen LogP contribution in [0.15, 0.2) is 218 Å². The molecule has 13 rings (SSSR count). The molecule has 0 bridgehead atoms. The van der Waals surface area contributed by atoms with E-state index in [0.717, 1.165) is 22.7 Å². The maximum absolute atomic E-state index is 3.70. The number of nitrogens with zero attached hydrogens (tertiary/aromatic N) is 1. The zero-order valence-electron chi connectivity index (χ0n) is 34.6. The lowest BCUT2D eigenvalue weighted by Gasteiger charge is -2.35. The largest absolute Gasteiger partial charge is 0.354 e. The summed E-state index contributed by atoms with van der Waals surface area (Å²) in [6.07, 6.45) is 0. The Labute approximate surface area is 371 Å². The first-order chi connectivity index (χ1) is 31.1. The molecule has 1 aliphatic heterocycles. The van der Waals surface area contributed by atoms with Gasteiger partial charge in [-0.25, -0.2) is 0 Å². The van der Waals surface area contributed by atoms with E-state index in [1.54, 1.807) is 0 Å². The normalized spacial score (nSPS) is 13.1. The highest BCUT2D eigenvalue weighted by Crippen LogP contribution is 2.57. The number of fused-ring (bicyclic) bond motifs is 9. The summed E-state index contributed by atoms with van der Waals surface area (Å²) >= 11 is 1.90. The fourth-order valence-corrected chi connectivity index (χ4v) is 11.9. The van der Waals surface area contributed by atoms with Crippen molar-refractivity contribution in [1.82, 2.24) is 0 Å². The van der Waals surface area contributed by atoms with E-state index in [-0.39, 0.29) is 0 Å². The summed E-state index contributed by atoms with van der Waals surface area (Å²) < 4.78 is 2.64. The second-order valence-electron chi connectivity index (χ2n) is 17.0. The minimum absolute atomic E-state index is 0.480. The summed E-state index contributed by atoms with van der Waals surface area (Å²) in [6.45, 7) is 2.16. The zero-order chi connectivity index (χ0) is 41.6. The summed E-state index contributed by atoms with van der Waals surface area (Å²) in [5.41, 5.74) is 19.1. The quantitative estimate of drug-likeness (QED) is 0.180. The highest BCUT2D eigenvalue weighted by Gasteiger charge is 2.46. The van der Waals surface area contributed by atoms with Gasteiger partial charge in [-0.15, -0.1) is 11.3 Å². The van der Waals surface area contributed by atoms with E-state index in [2.05, 4.69) is 236 Å². The lowest BCUT2D eigenvalue weighted by molar-refractivity contribution is 0.768. The van der Waals surface area contributed by atoms with Crippen molar-refractivity contribution in [2.75, 3.05) is 10.2 Å². The molecule has 0 unspecified atom stereocenters. The molecule has 63 heavy (non-hydrogen) atoms. The Morgan fingerprint density at radius 2 is 1.03 bits per heavy atom. The van der Waals surface area contributed by atoms with Crippen molar-refractivity contribution >= 4 is 70.7 Å². The number of anilines is 5. The molecule has 11 aromatic rings. The molecule has 2 heterocycles. The van der Waals surface area contributed by atoms with Gasteiger partial charge in [0.2, 0.25) is 0 Å². The van der Waals surface area contributed by atoms with Gasteiger partial charge in [-0.1, -0.05) is 163 Å². The molecule has 1 aliphatic carbocycles. The number of nitrogens with one attached hydrogen (secondary N) is 1. The van der Waals surface area contributed by atoms with E-state index in [1.165, 1.54) is 97.8 Å². The van der Waals surface area contributed by atoms with Crippen molar-refractivity contribution in [3.8, 4) is 33.4 Å². The Bertz CT molecular complexity index is 3550. The fraction of sp³-hybridized carbons (Fsp3) is 0.0333. The first-order valence-corrected chi connectivity index (χ1v) is 22.6. The maximum atomic E-state index is 3.70. The third kappa shape index (κ3) is 5.37. The molecule has 1 aromatic heterocycles. The van der Waals surface area contributed by atoms with Crippen LogP contribution in [0.1, 0.15) is 27.8 Å². The number of para-hydroxylation sites is 1. The van der Waals surface area contributed by atoms with Gasteiger partial charge < -0.3 is 10.2 Å². The number of thiophene rings is 1. The molecule has 2 nitrogen and oxygen atoms in total. The van der Waals surface area contributed by atoms with E-state index in [1.807, 2.05) is 11.3 Å². The van der Waals surface area contributed by atoms with Crippen LogP contribution in [0.3, 0.4) is 0 Å². The fourth-order valence-electron chi connectivity index (χ4n) is 10.7. The minimum Gasteiger partial charge on any atom is -0.354 e. The number of hydrogen-bond donors (Lipinski definition) is 1. The van der Waals surface area contributed by atoms with Gasteiger partial charge in [-0.05, 0) is 118 Å². The first-order valence-electron chi connectivity index (χ1n) is 21.7. The molecular formula is C60H40N2S. The van der Waals surface area contributed by atoms with Gasteiger partial charge in [0, 0.05) is 64.9 Å². The summed E-state index contributed by atoms with van der Waals surface area (Å²) in [5.74, 6) is 0. The van der Waals surface area contributed by atoms with Gasteiger partial charge in [0.25, 0.3) is 0 Å². The van der Waals surface area contributed by atoms with Gasteiger partial charge in [0.05, 0.1) is 5.41 Å². The molecule has 0 amide bonds. The monoisotopic (exact) mass is 820 g/mol. The molecular weight excluding hydrogens is 781 g/mol. The molecule has 0 atom stereocenters. The lowest BCUT2D eigenvalue weighted by Crippen LogP contribution is -2.28. The van der Waals surface area contributed by atoms with Crippen LogP contribution in [-0.4, -0.2) is 0 Å². The molecule has 0 saturated carbocycles. The van der Waals surface area contributed by atoms with Crippen molar-refractivity contribution in [2.45, 2.75) is 12.3 Å². The molecule has 296 valence electrons. The van der Waals surface area contributed by atoms with Crippen LogP contribution in [0.25, 0.3) is 64.3 Å². The van der Waals surface area contributed by atoms with Crippen molar-refractivity contribution in [3.63, 3.8) is 0 Å². The number of aryl methyl sites for hydroxylation is 1. The third-order valence-electron chi connectivity index (χ3n) is 13.5. The van der Waals surface area contributed by atoms with Gasteiger partial charge in [-0.2, -0.15) is 0 Å². The number of rotatable bonds is 6. The highest BCUT2D eigenvalue weighted by molar-refractivity contribution is 7.26. The highest BCUT2D eigenvalue weighted by atomic mass is 32.1. The Morgan fingerprint density at radius 3 is 1.79 bits per heavy atom. The van der Waals surface area contributed by atoms with Crippen molar-refractivity contribution in [3.05, 3.63) is 246 Å². The summed E-state index contributed by atoms with van der Waals surface area (Å²) in [6, 6.07) is 81.0. The second-order valence-corrected chi connectivity index (χ2v) is 18.0. The van der Waals surface area contributed by atoms with Gasteiger partial charge in [0.15, 0.2) is 0 Å². The Morgan fingerprint density at radius 1 is 0.413 bits per heavy atom. The Balaban J connectivity index is 0.937. The predicted molar refractivity (Wildman–Crippen MR) is 268 cm³/mol. The third-order valence-corrected chi connectivity index (χ3v) is 14.7. The summed E-state index contributed by atoms with van der Waals surface area (Å²) in [4.78, 5) is 2.42. The Hall–Kier alpha value is -7.72. The van der Waals surface area contributed by atoms with Crippen molar-refractivity contribution in [2.24, 2.45) is 0 Å². The van der Waals surface area contributed by atoms with Crippen LogP contribution >= 0.6 is 11.3 Å². The molecule has 1 N–H and O–H groups in total. The number of hydrogen-bond acceptors (Lipinski definition) is 3. The zero-order valence-corrected chi connectivity index (χ0v) is 35.5. The summed E-state index contributed by atoms with van der Waals surface area (Å²) in [7, 11) is 0. The molecule has 0 radical (unpaired) electrons. The van der Waals surface area contributed by atoms with Crippen LogP contribution in [0, 0.1) is 6.92 Å². The minimum atomic E-state index is -0.480. The van der Waals surface area contributed by atoms with Crippen LogP contribution in [0.4, 0.5) is 28.4 Å². The van der Waals surface area contributed by atoms with Crippen molar-refractivity contribution in [1.29, 1.82) is 0 Å². The van der Waals surface area contributed by atoms with E-state index < -0.39 is 5.41 Å². The van der Waals surface area contributed by atoms with E-state index in [4.69, 9.17) is 0 Å². The van der Waals surface area contributed by atoms with Crippen LogP contribution in [0.5, 0.6) is 0 Å².